The Morgan fingerprint density at radius 3 is 2.62 bits per heavy atom. The molecule has 3 aliphatic rings. The predicted molar refractivity (Wildman–Crippen MR) is 73.5 cm³/mol. The summed E-state index contributed by atoms with van der Waals surface area (Å²) in [5, 5.41) is 12.3. The van der Waals surface area contributed by atoms with Crippen molar-refractivity contribution in [1.82, 2.24) is 15.1 Å². The number of likely N-dealkylation sites (tertiary alicyclic amines) is 2. The third kappa shape index (κ3) is 2.24. The molecule has 2 atom stereocenters. The second-order valence-electron chi connectivity index (χ2n) is 6.39. The van der Waals surface area contributed by atoms with Crippen molar-refractivity contribution >= 4 is 17.9 Å². The van der Waals surface area contributed by atoms with Crippen LogP contribution in [-0.2, 0) is 9.59 Å². The molecule has 0 aromatic rings. The summed E-state index contributed by atoms with van der Waals surface area (Å²) in [6.07, 6.45) is 2.25. The van der Waals surface area contributed by atoms with Gasteiger partial charge in [0.25, 0.3) is 0 Å². The summed E-state index contributed by atoms with van der Waals surface area (Å²) in [4.78, 5) is 39.4. The van der Waals surface area contributed by atoms with Crippen molar-refractivity contribution in [2.45, 2.75) is 19.8 Å². The number of amides is 3. The van der Waals surface area contributed by atoms with Crippen LogP contribution in [0.2, 0.25) is 0 Å². The molecule has 21 heavy (non-hydrogen) atoms. The van der Waals surface area contributed by atoms with Gasteiger partial charge < -0.3 is 20.2 Å². The average Bonchev–Trinajstić information content (AvgIpc) is 3.09. The number of nitrogens with one attached hydrogen (secondary N) is 1. The van der Waals surface area contributed by atoms with E-state index in [1.165, 1.54) is 4.90 Å². The number of carboxylic acids is 1. The van der Waals surface area contributed by atoms with E-state index in [9.17, 15) is 19.5 Å². The van der Waals surface area contributed by atoms with Crippen LogP contribution < -0.4 is 5.32 Å². The molecule has 3 amide bonds. The topological polar surface area (TPSA) is 90.0 Å². The number of fused-ring (bicyclic) bond motifs is 1. The summed E-state index contributed by atoms with van der Waals surface area (Å²) in [6, 6.07) is -0.283. The summed E-state index contributed by atoms with van der Waals surface area (Å²) in [5.41, 5.74) is -1.13. The van der Waals surface area contributed by atoms with Gasteiger partial charge in [-0.15, -0.1) is 0 Å². The molecule has 3 fully saturated rings. The van der Waals surface area contributed by atoms with Crippen molar-refractivity contribution in [2.24, 2.45) is 17.3 Å². The molecule has 0 spiro atoms. The van der Waals surface area contributed by atoms with Gasteiger partial charge in [-0.25, -0.2) is 4.79 Å². The predicted octanol–water partition coefficient (Wildman–Crippen LogP) is -0.0291. The van der Waals surface area contributed by atoms with Crippen LogP contribution in [0, 0.1) is 17.3 Å². The van der Waals surface area contributed by atoms with E-state index in [-0.39, 0.29) is 31.6 Å². The molecule has 116 valence electrons. The first-order valence-electron chi connectivity index (χ1n) is 7.53. The number of carboxylic acid groups (broad SMARTS) is 1. The van der Waals surface area contributed by atoms with Crippen molar-refractivity contribution in [2.75, 3.05) is 32.7 Å². The monoisotopic (exact) mass is 295 g/mol. The van der Waals surface area contributed by atoms with E-state index >= 15 is 0 Å². The van der Waals surface area contributed by atoms with Crippen LogP contribution in [0.1, 0.15) is 19.8 Å². The fraction of sp³-hybridized carbons (Fsp3) is 0.786. The molecule has 1 aliphatic carbocycles. The minimum Gasteiger partial charge on any atom is -0.481 e. The van der Waals surface area contributed by atoms with Gasteiger partial charge in [0.05, 0.1) is 5.92 Å². The molecule has 0 aromatic carbocycles. The number of hydrogen-bond donors (Lipinski definition) is 2. The molecule has 0 radical (unpaired) electrons. The van der Waals surface area contributed by atoms with E-state index < -0.39 is 17.3 Å². The van der Waals surface area contributed by atoms with Gasteiger partial charge >= 0.3 is 12.0 Å². The van der Waals surface area contributed by atoms with Gasteiger partial charge in [-0.1, -0.05) is 0 Å². The Morgan fingerprint density at radius 2 is 2.10 bits per heavy atom. The average molecular weight is 295 g/mol. The zero-order chi connectivity index (χ0) is 15.2. The maximum absolute atomic E-state index is 12.5. The molecule has 0 unspecified atom stereocenters. The number of carbonyl (C=O) groups excluding carboxylic acids is 2. The minimum absolute atomic E-state index is 0.101. The van der Waals surface area contributed by atoms with Crippen molar-refractivity contribution in [1.29, 1.82) is 0 Å². The van der Waals surface area contributed by atoms with Gasteiger partial charge in [-0.3, -0.25) is 9.59 Å². The molecule has 2 N–H and O–H groups in total. The number of nitrogens with zero attached hydrogens (tertiary/aromatic N) is 2. The zero-order valence-electron chi connectivity index (χ0n) is 12.2. The maximum atomic E-state index is 12.5. The number of urea groups is 1. The zero-order valence-corrected chi connectivity index (χ0v) is 12.2. The second-order valence-corrected chi connectivity index (χ2v) is 6.39. The van der Waals surface area contributed by atoms with Crippen LogP contribution in [0.4, 0.5) is 4.79 Å². The SMILES string of the molecule is CCNC(=O)N1C[C@@H]2C(=O)N(CC3CC3)C[C@]2(C(=O)O)C1. The lowest BCUT2D eigenvalue weighted by atomic mass is 9.81. The van der Waals surface area contributed by atoms with Crippen LogP contribution in [0.25, 0.3) is 0 Å². The molecule has 1 saturated carbocycles. The Hall–Kier alpha value is -1.79. The summed E-state index contributed by atoms with van der Waals surface area (Å²) >= 11 is 0. The van der Waals surface area contributed by atoms with E-state index in [0.29, 0.717) is 19.0 Å². The van der Waals surface area contributed by atoms with Gasteiger partial charge in [0, 0.05) is 32.7 Å². The van der Waals surface area contributed by atoms with Crippen LogP contribution in [-0.4, -0.2) is 65.5 Å². The smallest absolute Gasteiger partial charge is 0.317 e. The van der Waals surface area contributed by atoms with E-state index in [1.54, 1.807) is 4.90 Å². The summed E-state index contributed by atoms with van der Waals surface area (Å²) in [5.74, 6) is -1.13. The Morgan fingerprint density at radius 1 is 1.38 bits per heavy atom. The summed E-state index contributed by atoms with van der Waals surface area (Å²) < 4.78 is 0. The lowest BCUT2D eigenvalue weighted by Crippen LogP contribution is -2.44. The number of aliphatic carboxylic acids is 1. The standard InChI is InChI=1S/C14H21N3O4/c1-2-15-13(21)17-6-10-11(18)16(5-9-3-4-9)7-14(10,8-17)12(19)20/h9-10H,2-8H2,1H3,(H,15,21)(H,19,20)/t10-,14+/m1/s1. The lowest BCUT2D eigenvalue weighted by molar-refractivity contribution is -0.149. The molecule has 3 rings (SSSR count). The van der Waals surface area contributed by atoms with Gasteiger partial charge in [0.2, 0.25) is 5.91 Å². The van der Waals surface area contributed by atoms with Gasteiger partial charge in [0.1, 0.15) is 5.41 Å². The largest absolute Gasteiger partial charge is 0.481 e. The van der Waals surface area contributed by atoms with Crippen molar-refractivity contribution in [3.63, 3.8) is 0 Å². The molecule has 0 bridgehead atoms. The highest BCUT2D eigenvalue weighted by Crippen LogP contribution is 2.45. The van der Waals surface area contributed by atoms with Crippen molar-refractivity contribution < 1.29 is 19.5 Å². The third-order valence-electron chi connectivity index (χ3n) is 4.84. The van der Waals surface area contributed by atoms with Crippen LogP contribution >= 0.6 is 0 Å². The minimum atomic E-state index is -1.13. The second kappa shape index (κ2) is 4.89. The number of carbonyl (C=O) groups is 3. The Bertz CT molecular complexity index is 491. The van der Waals surface area contributed by atoms with Gasteiger partial charge in [-0.05, 0) is 25.7 Å². The fourth-order valence-corrected chi connectivity index (χ4v) is 3.49. The molecule has 7 heteroatoms. The fourth-order valence-electron chi connectivity index (χ4n) is 3.49. The van der Waals surface area contributed by atoms with E-state index in [4.69, 9.17) is 0 Å². The molecular weight excluding hydrogens is 274 g/mol. The van der Waals surface area contributed by atoms with E-state index in [1.807, 2.05) is 6.92 Å². The Balaban J connectivity index is 1.78. The molecular formula is C14H21N3O4. The summed E-state index contributed by atoms with van der Waals surface area (Å²) in [7, 11) is 0. The third-order valence-corrected chi connectivity index (χ3v) is 4.84. The van der Waals surface area contributed by atoms with Crippen molar-refractivity contribution in [3.05, 3.63) is 0 Å². The van der Waals surface area contributed by atoms with Gasteiger partial charge in [-0.2, -0.15) is 0 Å². The van der Waals surface area contributed by atoms with Gasteiger partial charge in [0.15, 0.2) is 0 Å². The van der Waals surface area contributed by atoms with Crippen LogP contribution in [0.5, 0.6) is 0 Å². The first-order valence-corrected chi connectivity index (χ1v) is 7.53. The molecule has 2 aliphatic heterocycles. The maximum Gasteiger partial charge on any atom is 0.317 e. The van der Waals surface area contributed by atoms with E-state index in [0.717, 1.165) is 12.8 Å². The number of rotatable bonds is 4. The first-order chi connectivity index (χ1) is 9.98. The lowest BCUT2D eigenvalue weighted by Gasteiger charge is -2.25. The number of hydrogen-bond acceptors (Lipinski definition) is 3. The summed E-state index contributed by atoms with van der Waals surface area (Å²) in [6.45, 7) is 3.53. The highest BCUT2D eigenvalue weighted by Gasteiger charge is 2.63. The van der Waals surface area contributed by atoms with Crippen LogP contribution in [0.15, 0.2) is 0 Å². The Labute approximate surface area is 123 Å². The van der Waals surface area contributed by atoms with E-state index in [2.05, 4.69) is 5.32 Å². The highest BCUT2D eigenvalue weighted by molar-refractivity contribution is 5.93. The van der Waals surface area contributed by atoms with Crippen LogP contribution in [0.3, 0.4) is 0 Å². The molecule has 0 aromatic heterocycles. The van der Waals surface area contributed by atoms with Crippen molar-refractivity contribution in [3.8, 4) is 0 Å². The molecule has 2 heterocycles. The molecule has 7 nitrogen and oxygen atoms in total. The molecule has 2 saturated heterocycles. The normalized spacial score (nSPS) is 31.5. The Kier molecular flexibility index (Phi) is 3.30. The first kappa shape index (κ1) is 14.2. The quantitative estimate of drug-likeness (QED) is 0.762. The highest BCUT2D eigenvalue weighted by atomic mass is 16.4.